The number of hydrogen-bond donors (Lipinski definition) is 2. The molecule has 5 rings (SSSR count). The van der Waals surface area contributed by atoms with Crippen molar-refractivity contribution in [2.75, 3.05) is 19.6 Å². The summed E-state index contributed by atoms with van der Waals surface area (Å²) in [5, 5.41) is 9.95. The molecule has 2 N–H and O–H groups in total. The van der Waals surface area contributed by atoms with Crippen molar-refractivity contribution in [1.29, 1.82) is 0 Å². The zero-order chi connectivity index (χ0) is 21.1. The summed E-state index contributed by atoms with van der Waals surface area (Å²) in [6.45, 7) is 5.56. The molecule has 0 aliphatic carbocycles. The lowest BCUT2D eigenvalue weighted by molar-refractivity contribution is -0.122. The van der Waals surface area contributed by atoms with Gasteiger partial charge in [-0.2, -0.15) is 0 Å². The fourth-order valence-corrected chi connectivity index (χ4v) is 5.34. The molecule has 3 fully saturated rings. The van der Waals surface area contributed by atoms with Gasteiger partial charge in [0.15, 0.2) is 5.76 Å². The number of ether oxygens (including phenoxy) is 1. The van der Waals surface area contributed by atoms with Crippen molar-refractivity contribution in [2.24, 2.45) is 11.8 Å². The molecule has 1 aromatic carbocycles. The summed E-state index contributed by atoms with van der Waals surface area (Å²) in [4.78, 5) is 23.1. The first-order chi connectivity index (χ1) is 14.5. The average Bonchev–Trinajstić information content (AvgIpc) is 3.50. The second-order valence-corrected chi connectivity index (χ2v) is 8.48. The Kier molecular flexibility index (Phi) is 5.92. The topological polar surface area (TPSA) is 92.0 Å². The minimum atomic E-state index is -0.250. The maximum atomic E-state index is 12.2. The van der Waals surface area contributed by atoms with Crippen molar-refractivity contribution in [3.8, 4) is 0 Å². The van der Waals surface area contributed by atoms with E-state index in [9.17, 15) is 4.79 Å². The molecule has 0 radical (unpaired) electrons. The van der Waals surface area contributed by atoms with Gasteiger partial charge in [0, 0.05) is 38.0 Å². The molecule has 1 amide bonds. The molecule has 4 atom stereocenters. The lowest BCUT2D eigenvalue weighted by Crippen LogP contribution is -2.41. The molecular weight excluding hydrogens is 384 g/mol. The molecule has 2 aromatic rings. The van der Waals surface area contributed by atoms with Gasteiger partial charge in [0.2, 0.25) is 0 Å². The third-order valence-electron chi connectivity index (χ3n) is 6.62. The molecule has 160 valence electrons. The van der Waals surface area contributed by atoms with E-state index >= 15 is 0 Å². The largest absolute Gasteiger partial charge is 0.483 e. The molecule has 3 aliphatic rings. The number of hydrogen-bond acceptors (Lipinski definition) is 5. The third kappa shape index (κ3) is 4.00. The standard InChI is InChI=1S/C22H26N2O3.CH2O2/c1-15-4-6-16(7-5-15)12-24-13-18-17(19-8-9-22(18,14-24)27-19)11-23-21(25)20-3-2-10-26-20;2-1-3/h2-7,10,17-19H,8-9,11-14H2,1H3,(H,23,25);1H,(H,2,3)/t17-,18+,19+,22+;/m0./s1. The molecule has 3 saturated heterocycles. The van der Waals surface area contributed by atoms with E-state index in [1.54, 1.807) is 12.1 Å². The number of likely N-dealkylation sites (tertiary alicyclic amines) is 1. The summed E-state index contributed by atoms with van der Waals surface area (Å²) in [6.07, 6.45) is 4.07. The van der Waals surface area contributed by atoms with Crippen LogP contribution in [-0.2, 0) is 16.1 Å². The highest BCUT2D eigenvalue weighted by Gasteiger charge is 2.62. The van der Waals surface area contributed by atoms with Gasteiger partial charge < -0.3 is 19.6 Å². The van der Waals surface area contributed by atoms with E-state index < -0.39 is 0 Å². The Morgan fingerprint density at radius 2 is 2.10 bits per heavy atom. The average molecular weight is 412 g/mol. The van der Waals surface area contributed by atoms with Crippen LogP contribution in [0.4, 0.5) is 0 Å². The van der Waals surface area contributed by atoms with Crippen LogP contribution in [0.25, 0.3) is 0 Å². The van der Waals surface area contributed by atoms with Crippen molar-refractivity contribution < 1.29 is 23.8 Å². The Labute approximate surface area is 176 Å². The number of carbonyl (C=O) groups is 2. The summed E-state index contributed by atoms with van der Waals surface area (Å²) in [7, 11) is 0. The fourth-order valence-electron chi connectivity index (χ4n) is 5.34. The second-order valence-electron chi connectivity index (χ2n) is 8.48. The number of furan rings is 1. The third-order valence-corrected chi connectivity index (χ3v) is 6.62. The Balaban J connectivity index is 0.000000687. The number of benzene rings is 1. The smallest absolute Gasteiger partial charge is 0.290 e. The monoisotopic (exact) mass is 412 g/mol. The minimum Gasteiger partial charge on any atom is -0.483 e. The van der Waals surface area contributed by atoms with E-state index in [0.717, 1.165) is 32.5 Å². The summed E-state index contributed by atoms with van der Waals surface area (Å²) in [6, 6.07) is 12.2. The van der Waals surface area contributed by atoms with Crippen LogP contribution in [0.3, 0.4) is 0 Å². The summed E-state index contributed by atoms with van der Waals surface area (Å²) >= 11 is 0. The highest BCUT2D eigenvalue weighted by molar-refractivity contribution is 5.91. The number of nitrogens with one attached hydrogen (secondary N) is 1. The Bertz CT molecular complexity index is 866. The van der Waals surface area contributed by atoms with E-state index in [2.05, 4.69) is 41.4 Å². The number of fused-ring (bicyclic) bond motifs is 1. The molecule has 0 saturated carbocycles. The predicted octanol–water partition coefficient (Wildman–Crippen LogP) is 2.70. The SMILES string of the molecule is Cc1ccc(CN2C[C@@H]3[C@H](CNC(=O)c4ccco4)[C@H]4CC[C@]3(C2)O4)cc1.O=CO. The minimum absolute atomic E-state index is 0.00452. The number of rotatable bonds is 5. The summed E-state index contributed by atoms with van der Waals surface area (Å²) < 4.78 is 11.7. The maximum absolute atomic E-state index is 12.2. The van der Waals surface area contributed by atoms with Crippen LogP contribution in [0.2, 0.25) is 0 Å². The normalized spacial score (nSPS) is 29.2. The fraction of sp³-hybridized carbons (Fsp3) is 0.478. The number of aryl methyl sites for hydroxylation is 1. The molecule has 7 heteroatoms. The van der Waals surface area contributed by atoms with Crippen molar-refractivity contribution in [2.45, 2.75) is 38.0 Å². The van der Waals surface area contributed by atoms with E-state index in [0.29, 0.717) is 24.1 Å². The predicted molar refractivity (Wildman–Crippen MR) is 110 cm³/mol. The van der Waals surface area contributed by atoms with Gasteiger partial charge in [-0.25, -0.2) is 0 Å². The van der Waals surface area contributed by atoms with Gasteiger partial charge >= 0.3 is 0 Å². The van der Waals surface area contributed by atoms with Crippen LogP contribution in [0.15, 0.2) is 47.1 Å². The van der Waals surface area contributed by atoms with Crippen LogP contribution >= 0.6 is 0 Å². The van der Waals surface area contributed by atoms with E-state index in [1.165, 1.54) is 17.4 Å². The van der Waals surface area contributed by atoms with E-state index in [4.69, 9.17) is 19.1 Å². The van der Waals surface area contributed by atoms with Gasteiger partial charge in [0.25, 0.3) is 12.4 Å². The quantitative estimate of drug-likeness (QED) is 0.734. The molecule has 4 heterocycles. The molecule has 1 spiro atoms. The molecular formula is C23H28N2O5. The summed E-state index contributed by atoms with van der Waals surface area (Å²) in [5.74, 6) is 1.13. The molecule has 2 bridgehead atoms. The zero-order valence-electron chi connectivity index (χ0n) is 17.1. The first-order valence-electron chi connectivity index (χ1n) is 10.4. The number of carboxylic acid groups (broad SMARTS) is 1. The molecule has 3 aliphatic heterocycles. The zero-order valence-corrected chi connectivity index (χ0v) is 17.1. The number of amides is 1. The number of nitrogens with zero attached hydrogens (tertiary/aromatic N) is 1. The number of carbonyl (C=O) groups excluding carboxylic acids is 1. The molecule has 7 nitrogen and oxygen atoms in total. The first kappa shape index (κ1) is 20.6. The van der Waals surface area contributed by atoms with Crippen LogP contribution in [0.1, 0.15) is 34.5 Å². The van der Waals surface area contributed by atoms with Crippen LogP contribution in [-0.4, -0.2) is 53.7 Å². The first-order valence-corrected chi connectivity index (χ1v) is 10.4. The van der Waals surface area contributed by atoms with Gasteiger partial charge in [-0.15, -0.1) is 0 Å². The van der Waals surface area contributed by atoms with Crippen molar-refractivity contribution >= 4 is 12.4 Å². The van der Waals surface area contributed by atoms with Crippen molar-refractivity contribution in [3.05, 3.63) is 59.5 Å². The second kappa shape index (κ2) is 8.62. The van der Waals surface area contributed by atoms with Crippen molar-refractivity contribution in [1.82, 2.24) is 10.2 Å². The maximum Gasteiger partial charge on any atom is 0.290 e. The Morgan fingerprint density at radius 3 is 2.80 bits per heavy atom. The highest BCUT2D eigenvalue weighted by atomic mass is 16.5. The van der Waals surface area contributed by atoms with Gasteiger partial charge in [0.05, 0.1) is 18.0 Å². The van der Waals surface area contributed by atoms with Gasteiger partial charge in [0.1, 0.15) is 0 Å². The van der Waals surface area contributed by atoms with Crippen LogP contribution < -0.4 is 5.32 Å². The Hall–Kier alpha value is -2.64. The Morgan fingerprint density at radius 1 is 1.33 bits per heavy atom. The highest BCUT2D eigenvalue weighted by Crippen LogP contribution is 2.54. The lowest BCUT2D eigenvalue weighted by atomic mass is 9.73. The molecule has 30 heavy (non-hydrogen) atoms. The molecule has 0 unspecified atom stereocenters. The van der Waals surface area contributed by atoms with E-state index in [-0.39, 0.29) is 24.1 Å². The van der Waals surface area contributed by atoms with Gasteiger partial charge in [-0.1, -0.05) is 29.8 Å². The van der Waals surface area contributed by atoms with Gasteiger partial charge in [-0.05, 0) is 37.5 Å². The van der Waals surface area contributed by atoms with Crippen molar-refractivity contribution in [3.63, 3.8) is 0 Å². The molecule has 1 aromatic heterocycles. The van der Waals surface area contributed by atoms with E-state index in [1.807, 2.05) is 0 Å². The summed E-state index contributed by atoms with van der Waals surface area (Å²) in [5.41, 5.74) is 2.65. The van der Waals surface area contributed by atoms with Gasteiger partial charge in [-0.3, -0.25) is 14.5 Å². The van der Waals surface area contributed by atoms with Crippen LogP contribution in [0.5, 0.6) is 0 Å². The van der Waals surface area contributed by atoms with Crippen LogP contribution in [0, 0.1) is 18.8 Å². The lowest BCUT2D eigenvalue weighted by Gasteiger charge is -2.29.